The van der Waals surface area contributed by atoms with Crippen molar-refractivity contribution in [1.82, 2.24) is 15.1 Å². The minimum Gasteiger partial charge on any atom is -0.464 e. The topological polar surface area (TPSA) is 76.4 Å². The summed E-state index contributed by atoms with van der Waals surface area (Å²) in [6.07, 6.45) is 5.97. The molecule has 0 bridgehead atoms. The number of piperidine rings is 2. The first kappa shape index (κ1) is 28.7. The number of nitrogens with zero attached hydrogens (tertiary/aromatic N) is 2. The quantitative estimate of drug-likeness (QED) is 0.278. The third kappa shape index (κ3) is 8.10. The Hall–Kier alpha value is -2.30. The number of ether oxygens (including phenoxy) is 3. The number of fused-ring (bicyclic) bond motifs is 2. The molecule has 1 amide bonds. The van der Waals surface area contributed by atoms with E-state index >= 15 is 0 Å². The van der Waals surface area contributed by atoms with Gasteiger partial charge in [0.2, 0.25) is 5.91 Å². The number of amides is 1. The van der Waals surface area contributed by atoms with E-state index in [0.717, 1.165) is 55.6 Å². The number of hydrogen-bond acceptors (Lipinski definition) is 7. The molecule has 0 unspecified atom stereocenters. The van der Waals surface area contributed by atoms with Crippen molar-refractivity contribution in [3.05, 3.63) is 48.5 Å². The van der Waals surface area contributed by atoms with Gasteiger partial charge in [-0.1, -0.05) is 6.58 Å². The van der Waals surface area contributed by atoms with Gasteiger partial charge in [-0.05, 0) is 74.5 Å². The maximum Gasteiger partial charge on any atom is 0.243 e. The Morgan fingerprint density at radius 3 is 2.71 bits per heavy atom. The van der Waals surface area contributed by atoms with Crippen molar-refractivity contribution in [3.63, 3.8) is 0 Å². The van der Waals surface area contributed by atoms with E-state index in [9.17, 15) is 9.18 Å². The average Bonchev–Trinajstić information content (AvgIpc) is 3.40. The van der Waals surface area contributed by atoms with Crippen molar-refractivity contribution in [2.75, 3.05) is 79.4 Å². The molecule has 2 fully saturated rings. The lowest BCUT2D eigenvalue weighted by Crippen LogP contribution is -2.56. The molecule has 2 saturated heterocycles. The maximum atomic E-state index is 14.7. The zero-order chi connectivity index (χ0) is 26.7. The molecule has 2 aromatic rings. The van der Waals surface area contributed by atoms with E-state index in [1.165, 1.54) is 18.6 Å². The first-order chi connectivity index (χ1) is 18.5. The van der Waals surface area contributed by atoms with Crippen LogP contribution in [0, 0.1) is 17.7 Å². The van der Waals surface area contributed by atoms with E-state index in [1.54, 1.807) is 12.3 Å². The van der Waals surface area contributed by atoms with E-state index in [0.29, 0.717) is 64.1 Å². The van der Waals surface area contributed by atoms with Gasteiger partial charge in [-0.2, -0.15) is 0 Å². The van der Waals surface area contributed by atoms with Gasteiger partial charge in [-0.25, -0.2) is 4.39 Å². The molecule has 212 valence electrons. The smallest absolute Gasteiger partial charge is 0.243 e. The number of halogens is 1. The Morgan fingerprint density at radius 1 is 1.16 bits per heavy atom. The number of nitrogens with one attached hydrogen (secondary N) is 1. The van der Waals surface area contributed by atoms with Crippen LogP contribution in [0.15, 0.2) is 41.5 Å². The highest BCUT2D eigenvalue weighted by molar-refractivity contribution is 5.86. The van der Waals surface area contributed by atoms with Crippen LogP contribution in [0.2, 0.25) is 0 Å². The number of carbonyl (C=O) groups excluding carboxylic acids is 1. The van der Waals surface area contributed by atoms with Gasteiger partial charge < -0.3 is 28.8 Å². The first-order valence-electron chi connectivity index (χ1n) is 13.8. The maximum absolute atomic E-state index is 14.7. The summed E-state index contributed by atoms with van der Waals surface area (Å²) in [7, 11) is 2.22. The second kappa shape index (κ2) is 14.7. The van der Waals surface area contributed by atoms with Crippen LogP contribution in [0.4, 0.5) is 4.39 Å². The fourth-order valence-corrected chi connectivity index (χ4v) is 5.84. The van der Waals surface area contributed by atoms with Crippen molar-refractivity contribution >= 4 is 16.9 Å². The second-order valence-electron chi connectivity index (χ2n) is 10.4. The van der Waals surface area contributed by atoms with E-state index in [4.69, 9.17) is 18.6 Å². The Kier molecular flexibility index (Phi) is 11.1. The van der Waals surface area contributed by atoms with Crippen LogP contribution in [0.3, 0.4) is 0 Å². The van der Waals surface area contributed by atoms with E-state index in [1.807, 2.05) is 6.07 Å². The van der Waals surface area contributed by atoms with Gasteiger partial charge in [0.05, 0.1) is 45.9 Å². The van der Waals surface area contributed by atoms with Gasteiger partial charge >= 0.3 is 0 Å². The fourth-order valence-electron chi connectivity index (χ4n) is 5.84. The number of likely N-dealkylation sites (N-methyl/N-ethyl adjacent to an activating group) is 1. The summed E-state index contributed by atoms with van der Waals surface area (Å²) < 4.78 is 36.9. The van der Waals surface area contributed by atoms with Crippen LogP contribution in [-0.4, -0.2) is 101 Å². The van der Waals surface area contributed by atoms with Crippen molar-refractivity contribution < 1.29 is 29.2 Å². The lowest BCUT2D eigenvalue weighted by atomic mass is 9.77. The summed E-state index contributed by atoms with van der Waals surface area (Å²) in [4.78, 5) is 16.0. The molecule has 1 N–H and O–H groups in total. The van der Waals surface area contributed by atoms with Crippen LogP contribution >= 0.6 is 0 Å². The molecule has 9 heteroatoms. The lowest BCUT2D eigenvalue weighted by molar-refractivity contribution is -0.116. The zero-order valence-electron chi connectivity index (χ0n) is 22.5. The molecule has 0 aliphatic carbocycles. The molecule has 1 aromatic carbocycles. The molecule has 3 atom stereocenters. The largest absolute Gasteiger partial charge is 0.464 e. The summed E-state index contributed by atoms with van der Waals surface area (Å²) in [6, 6.07) is 5.69. The van der Waals surface area contributed by atoms with Gasteiger partial charge in [0.1, 0.15) is 11.4 Å². The van der Waals surface area contributed by atoms with Gasteiger partial charge in [-0.15, -0.1) is 0 Å². The molecule has 0 saturated carbocycles. The van der Waals surface area contributed by atoms with Crippen molar-refractivity contribution in [2.45, 2.75) is 25.3 Å². The van der Waals surface area contributed by atoms with Crippen LogP contribution in [-0.2, 0) is 25.4 Å². The van der Waals surface area contributed by atoms with Gasteiger partial charge in [-0.3, -0.25) is 9.69 Å². The lowest BCUT2D eigenvalue weighted by Gasteiger charge is -2.48. The average molecular weight is 534 g/mol. The van der Waals surface area contributed by atoms with Crippen molar-refractivity contribution in [3.8, 4) is 0 Å². The summed E-state index contributed by atoms with van der Waals surface area (Å²) in [5, 5.41) is 3.57. The van der Waals surface area contributed by atoms with Crippen molar-refractivity contribution in [1.29, 1.82) is 0 Å². The number of rotatable bonds is 15. The predicted octanol–water partition coefficient (Wildman–Crippen LogP) is 3.35. The fraction of sp³-hybridized carbons (Fsp3) is 0.621. The number of likely N-dealkylation sites (tertiary alicyclic amines) is 2. The minimum atomic E-state index is -0.195. The van der Waals surface area contributed by atoms with E-state index < -0.39 is 0 Å². The van der Waals surface area contributed by atoms with E-state index in [-0.39, 0.29) is 13.2 Å². The Labute approximate surface area is 226 Å². The third-order valence-corrected chi connectivity index (χ3v) is 7.76. The number of hydrogen-bond donors (Lipinski definition) is 1. The minimum absolute atomic E-state index is 0. The van der Waals surface area contributed by atoms with E-state index in [2.05, 4.69) is 28.7 Å². The molecule has 4 rings (SSSR count). The van der Waals surface area contributed by atoms with Crippen LogP contribution in [0.25, 0.3) is 11.0 Å². The van der Waals surface area contributed by atoms with Crippen molar-refractivity contribution in [2.24, 2.45) is 11.8 Å². The third-order valence-electron chi connectivity index (χ3n) is 7.76. The molecule has 0 spiro atoms. The number of benzene rings is 1. The Balaban J connectivity index is 0.00000420. The Bertz CT molecular complexity index is 1040. The normalized spacial score (nSPS) is 22.4. The van der Waals surface area contributed by atoms with Gasteiger partial charge in [0.15, 0.2) is 0 Å². The summed E-state index contributed by atoms with van der Waals surface area (Å²) in [5.74, 6) is 0.786. The molecule has 0 radical (unpaired) electrons. The second-order valence-corrected chi connectivity index (χ2v) is 10.4. The first-order valence-corrected chi connectivity index (χ1v) is 13.8. The van der Waals surface area contributed by atoms with Gasteiger partial charge in [0, 0.05) is 39.0 Å². The van der Waals surface area contributed by atoms with Crippen LogP contribution in [0.1, 0.15) is 19.8 Å². The molecule has 1 aromatic heterocycles. The summed E-state index contributed by atoms with van der Waals surface area (Å²) in [6.45, 7) is 11.2. The molecular formula is C29H44FN3O5. The highest BCUT2D eigenvalue weighted by Gasteiger charge is 2.38. The number of furan rings is 1. The highest BCUT2D eigenvalue weighted by atomic mass is 19.1. The zero-order valence-corrected chi connectivity index (χ0v) is 22.5. The molecule has 3 heterocycles. The molecule has 8 nitrogen and oxygen atoms in total. The summed E-state index contributed by atoms with van der Waals surface area (Å²) >= 11 is 0. The van der Waals surface area contributed by atoms with Crippen LogP contribution < -0.4 is 5.32 Å². The monoisotopic (exact) mass is 533 g/mol. The standard InChI is InChI=1S/C29H42FN3O5.H2/c1-3-29(34)31-8-12-35-14-16-37-17-15-36-13-10-33-9-6-23-18-22(20-32(2)27(23)21-33)19-25-24-7-11-38-28(24)5-4-26(25)30;/h3-5,7,11,22-23,27H,1,6,8-10,12-21H2,2H3,(H,31,34);1H/t22-,23-,27+;/m1./s1. The van der Waals surface area contributed by atoms with Crippen LogP contribution in [0.5, 0.6) is 0 Å². The van der Waals surface area contributed by atoms with Gasteiger partial charge in [0.25, 0.3) is 0 Å². The number of carbonyl (C=O) groups is 1. The Morgan fingerprint density at radius 2 is 1.92 bits per heavy atom. The molecule has 2 aliphatic rings. The molecule has 2 aliphatic heterocycles. The molecular weight excluding hydrogens is 489 g/mol. The molecule has 38 heavy (non-hydrogen) atoms. The predicted molar refractivity (Wildman–Crippen MR) is 147 cm³/mol. The highest BCUT2D eigenvalue weighted by Crippen LogP contribution is 2.36. The summed E-state index contributed by atoms with van der Waals surface area (Å²) in [5.41, 5.74) is 1.57. The SMILES string of the molecule is C=CC(=O)NCCOCCOCCOCCN1CC[C@@H]2C[C@H](Cc3c(F)ccc4occc34)CN(C)[C@H]2C1.[HH].